The summed E-state index contributed by atoms with van der Waals surface area (Å²) in [7, 11) is 1.62. The molecular weight excluding hydrogens is 320 g/mol. The van der Waals surface area contributed by atoms with Crippen LogP contribution in [0, 0.1) is 0 Å². The number of likely N-dealkylation sites (tertiary alicyclic amines) is 1. The molecule has 1 aromatic heterocycles. The van der Waals surface area contributed by atoms with Crippen molar-refractivity contribution in [2.24, 2.45) is 7.05 Å². The average molecular weight is 338 g/mol. The highest BCUT2D eigenvalue weighted by Gasteiger charge is 2.48. The van der Waals surface area contributed by atoms with Crippen LogP contribution in [-0.4, -0.2) is 34.4 Å². The highest BCUT2D eigenvalue weighted by molar-refractivity contribution is 5.96. The smallest absolute Gasteiger partial charge is 0.339 e. The zero-order valence-electron chi connectivity index (χ0n) is 13.9. The number of benzene rings is 1. The molecule has 1 atom stereocenters. The normalized spacial score (nSPS) is 22.0. The summed E-state index contributed by atoms with van der Waals surface area (Å²) in [6.45, 7) is 0.811. The number of ether oxygens (including phenoxy) is 1. The molecule has 0 saturated carbocycles. The van der Waals surface area contributed by atoms with E-state index in [-0.39, 0.29) is 29.5 Å². The highest BCUT2D eigenvalue weighted by atomic mass is 16.6. The molecule has 0 unspecified atom stereocenters. The lowest BCUT2D eigenvalue weighted by molar-refractivity contribution is -0.0442. The maximum absolute atomic E-state index is 12.9. The topological polar surface area (TPSA) is 68.6 Å². The van der Waals surface area contributed by atoms with Crippen LogP contribution in [0.25, 0.3) is 0 Å². The van der Waals surface area contributed by atoms with Gasteiger partial charge in [-0.1, -0.05) is 18.2 Å². The van der Waals surface area contributed by atoms with Gasteiger partial charge in [-0.25, -0.2) is 4.79 Å². The lowest BCUT2D eigenvalue weighted by atomic mass is 9.85. The number of pyridine rings is 1. The summed E-state index contributed by atoms with van der Waals surface area (Å²) >= 11 is 0. The predicted molar refractivity (Wildman–Crippen MR) is 90.4 cm³/mol. The molecule has 1 spiro atoms. The maximum atomic E-state index is 12.9. The molecule has 0 radical (unpaired) electrons. The Balaban J connectivity index is 1.69. The highest BCUT2D eigenvalue weighted by Crippen LogP contribution is 2.42. The number of nitrogens with zero attached hydrogens (tertiary/aromatic N) is 2. The van der Waals surface area contributed by atoms with E-state index in [1.54, 1.807) is 42.4 Å². The number of hydrogen-bond acceptors (Lipinski definition) is 4. The summed E-state index contributed by atoms with van der Waals surface area (Å²) in [4.78, 5) is 39.0. The van der Waals surface area contributed by atoms with Gasteiger partial charge >= 0.3 is 5.97 Å². The van der Waals surface area contributed by atoms with Gasteiger partial charge in [-0.2, -0.15) is 0 Å². The second-order valence-corrected chi connectivity index (χ2v) is 6.60. The molecule has 1 saturated heterocycles. The van der Waals surface area contributed by atoms with E-state index < -0.39 is 5.60 Å². The third-order valence-electron chi connectivity index (χ3n) is 5.02. The summed E-state index contributed by atoms with van der Waals surface area (Å²) in [5.41, 5.74) is 0.406. The Kier molecular flexibility index (Phi) is 3.49. The van der Waals surface area contributed by atoms with Gasteiger partial charge in [-0.05, 0) is 31.0 Å². The number of aromatic nitrogens is 1. The lowest BCUT2D eigenvalue weighted by Crippen LogP contribution is -2.49. The zero-order valence-corrected chi connectivity index (χ0v) is 13.9. The Labute approximate surface area is 144 Å². The monoisotopic (exact) mass is 338 g/mol. The summed E-state index contributed by atoms with van der Waals surface area (Å²) < 4.78 is 7.10. The van der Waals surface area contributed by atoms with E-state index in [0.29, 0.717) is 24.9 Å². The minimum absolute atomic E-state index is 0.139. The summed E-state index contributed by atoms with van der Waals surface area (Å²) in [6, 6.07) is 10.5. The second kappa shape index (κ2) is 5.58. The molecule has 4 rings (SSSR count). The van der Waals surface area contributed by atoms with Crippen LogP contribution in [0.2, 0.25) is 0 Å². The Morgan fingerprint density at radius 3 is 2.80 bits per heavy atom. The number of amides is 1. The van der Waals surface area contributed by atoms with Crippen LogP contribution in [0.5, 0.6) is 0 Å². The standard InChI is InChI=1S/C19H18N2O4/c1-20-10-4-7-14(16(20)22)17(23)21-11-5-9-19(12-21)15-8-3-2-6-13(15)18(24)25-19/h2-4,6-8,10H,5,9,11-12H2,1H3/t19-/m0/s1. The molecule has 0 bridgehead atoms. The Bertz CT molecular complexity index is 933. The van der Waals surface area contributed by atoms with Crippen molar-refractivity contribution in [3.63, 3.8) is 0 Å². The molecule has 1 amide bonds. The first kappa shape index (κ1) is 15.6. The number of aryl methyl sites for hydroxylation is 1. The fraction of sp³-hybridized carbons (Fsp3) is 0.316. The van der Waals surface area contributed by atoms with Crippen molar-refractivity contribution in [2.75, 3.05) is 13.1 Å². The molecule has 1 fully saturated rings. The Hall–Kier alpha value is -2.89. The largest absolute Gasteiger partial charge is 0.449 e. The van der Waals surface area contributed by atoms with Gasteiger partial charge in [-0.15, -0.1) is 0 Å². The van der Waals surface area contributed by atoms with E-state index in [9.17, 15) is 14.4 Å². The fourth-order valence-electron chi connectivity index (χ4n) is 3.77. The molecule has 1 aromatic carbocycles. The minimum atomic E-state index is -0.804. The van der Waals surface area contributed by atoms with Crippen LogP contribution in [-0.2, 0) is 17.4 Å². The Morgan fingerprint density at radius 2 is 1.96 bits per heavy atom. The molecule has 6 nitrogen and oxygen atoms in total. The van der Waals surface area contributed by atoms with Crippen LogP contribution in [0.15, 0.2) is 47.4 Å². The van der Waals surface area contributed by atoms with Gasteiger partial charge in [0.15, 0.2) is 5.60 Å². The van der Waals surface area contributed by atoms with Crippen molar-refractivity contribution in [2.45, 2.75) is 18.4 Å². The number of fused-ring (bicyclic) bond motifs is 2. The van der Waals surface area contributed by atoms with Crippen molar-refractivity contribution in [3.05, 3.63) is 69.6 Å². The molecule has 2 aromatic rings. The summed E-state index contributed by atoms with van der Waals surface area (Å²) in [5, 5.41) is 0. The van der Waals surface area contributed by atoms with Gasteiger partial charge in [0, 0.05) is 25.4 Å². The molecule has 6 heteroatoms. The SMILES string of the molecule is Cn1cccc(C(=O)N2CCC[C@@]3(C2)OC(=O)c2ccccc23)c1=O. The predicted octanol–water partition coefficient (Wildman–Crippen LogP) is 1.69. The number of esters is 1. The third-order valence-corrected chi connectivity index (χ3v) is 5.02. The molecule has 0 N–H and O–H groups in total. The van der Waals surface area contributed by atoms with Gasteiger partial charge in [0.25, 0.3) is 11.5 Å². The number of hydrogen-bond donors (Lipinski definition) is 0. The lowest BCUT2D eigenvalue weighted by Gasteiger charge is -2.39. The van der Waals surface area contributed by atoms with Crippen molar-refractivity contribution >= 4 is 11.9 Å². The third kappa shape index (κ3) is 2.36. The van der Waals surface area contributed by atoms with Crippen molar-refractivity contribution < 1.29 is 14.3 Å². The number of rotatable bonds is 1. The fourth-order valence-corrected chi connectivity index (χ4v) is 3.77. The first-order chi connectivity index (χ1) is 12.0. The summed E-state index contributed by atoms with van der Waals surface area (Å²) in [6.07, 6.45) is 3.00. The van der Waals surface area contributed by atoms with Crippen molar-refractivity contribution in [3.8, 4) is 0 Å². The molecule has 128 valence electrons. The van der Waals surface area contributed by atoms with Crippen LogP contribution in [0.3, 0.4) is 0 Å². The zero-order chi connectivity index (χ0) is 17.6. The maximum Gasteiger partial charge on any atom is 0.339 e. The number of carbonyl (C=O) groups is 2. The van der Waals surface area contributed by atoms with E-state index in [4.69, 9.17) is 4.74 Å². The summed E-state index contributed by atoms with van der Waals surface area (Å²) in [5.74, 6) is -0.666. The second-order valence-electron chi connectivity index (χ2n) is 6.60. The van der Waals surface area contributed by atoms with Gasteiger partial charge < -0.3 is 14.2 Å². The van der Waals surface area contributed by atoms with E-state index in [1.807, 2.05) is 12.1 Å². The van der Waals surface area contributed by atoms with Gasteiger partial charge in [0.2, 0.25) is 0 Å². The Morgan fingerprint density at radius 1 is 1.16 bits per heavy atom. The van der Waals surface area contributed by atoms with E-state index in [0.717, 1.165) is 5.56 Å². The molecule has 25 heavy (non-hydrogen) atoms. The quantitative estimate of drug-likeness (QED) is 0.742. The first-order valence-electron chi connectivity index (χ1n) is 8.30. The average Bonchev–Trinajstić information content (AvgIpc) is 2.89. The van der Waals surface area contributed by atoms with E-state index in [2.05, 4.69) is 0 Å². The van der Waals surface area contributed by atoms with E-state index >= 15 is 0 Å². The van der Waals surface area contributed by atoms with Crippen molar-refractivity contribution in [1.29, 1.82) is 0 Å². The molecule has 2 aliphatic heterocycles. The molecule has 3 heterocycles. The number of piperidine rings is 1. The molecule has 2 aliphatic rings. The van der Waals surface area contributed by atoms with Crippen LogP contribution >= 0.6 is 0 Å². The first-order valence-corrected chi connectivity index (χ1v) is 8.30. The van der Waals surface area contributed by atoms with Gasteiger partial charge in [-0.3, -0.25) is 9.59 Å². The van der Waals surface area contributed by atoms with E-state index in [1.165, 1.54) is 4.57 Å². The molecule has 0 aliphatic carbocycles. The van der Waals surface area contributed by atoms with Crippen LogP contribution in [0.1, 0.15) is 39.1 Å². The minimum Gasteiger partial charge on any atom is -0.449 e. The number of carbonyl (C=O) groups excluding carboxylic acids is 2. The van der Waals surface area contributed by atoms with Crippen LogP contribution < -0.4 is 5.56 Å². The van der Waals surface area contributed by atoms with Gasteiger partial charge in [0.05, 0.1) is 12.1 Å². The van der Waals surface area contributed by atoms with Crippen LogP contribution in [0.4, 0.5) is 0 Å². The van der Waals surface area contributed by atoms with Crippen molar-refractivity contribution in [1.82, 2.24) is 9.47 Å². The molecular formula is C19H18N2O4. The van der Waals surface area contributed by atoms with Gasteiger partial charge in [0.1, 0.15) is 5.56 Å².